The minimum absolute atomic E-state index is 0.0606. The fourth-order valence-electron chi connectivity index (χ4n) is 3.15. The highest BCUT2D eigenvalue weighted by atomic mass is 16.1. The van der Waals surface area contributed by atoms with Crippen LogP contribution >= 0.6 is 0 Å². The number of hydrogen-bond donors (Lipinski definition) is 0. The van der Waals surface area contributed by atoms with E-state index >= 15 is 0 Å². The van der Waals surface area contributed by atoms with Gasteiger partial charge in [0, 0.05) is 24.2 Å². The molecule has 1 aliphatic carbocycles. The predicted molar refractivity (Wildman–Crippen MR) is 91.2 cm³/mol. The van der Waals surface area contributed by atoms with E-state index in [1.165, 1.54) is 0 Å². The first-order chi connectivity index (χ1) is 11.2. The Morgan fingerprint density at radius 1 is 1.22 bits per heavy atom. The largest absolute Gasteiger partial charge is 0.269 e. The van der Waals surface area contributed by atoms with Crippen LogP contribution in [-0.2, 0) is 6.42 Å². The number of pyridine rings is 2. The van der Waals surface area contributed by atoms with E-state index in [4.69, 9.17) is 4.98 Å². The van der Waals surface area contributed by atoms with Crippen LogP contribution in [0.15, 0.2) is 47.7 Å². The maximum atomic E-state index is 12.8. The summed E-state index contributed by atoms with van der Waals surface area (Å²) < 4.78 is 1.67. The highest BCUT2D eigenvalue weighted by molar-refractivity contribution is 5.82. The molecule has 0 amide bonds. The van der Waals surface area contributed by atoms with Crippen molar-refractivity contribution in [3.8, 4) is 0 Å². The van der Waals surface area contributed by atoms with E-state index in [-0.39, 0.29) is 5.56 Å². The van der Waals surface area contributed by atoms with Gasteiger partial charge in [0.25, 0.3) is 5.56 Å². The average Bonchev–Trinajstić information content (AvgIpc) is 2.57. The second-order valence-corrected chi connectivity index (χ2v) is 5.99. The lowest BCUT2D eigenvalue weighted by Crippen LogP contribution is -2.24. The van der Waals surface area contributed by atoms with Crippen molar-refractivity contribution in [3.63, 3.8) is 0 Å². The molecule has 0 atom stereocenters. The van der Waals surface area contributed by atoms with Gasteiger partial charge in [-0.3, -0.25) is 14.2 Å². The molecule has 0 radical (unpaired) electrons. The lowest BCUT2D eigenvalue weighted by molar-refractivity contribution is 0.786. The van der Waals surface area contributed by atoms with Gasteiger partial charge in [0.15, 0.2) is 0 Å². The van der Waals surface area contributed by atoms with E-state index in [1.807, 2.05) is 43.6 Å². The highest BCUT2D eigenvalue weighted by Crippen LogP contribution is 2.29. The zero-order valence-corrected chi connectivity index (χ0v) is 13.0. The van der Waals surface area contributed by atoms with Crippen LogP contribution < -0.4 is 5.56 Å². The summed E-state index contributed by atoms with van der Waals surface area (Å²) in [6.45, 7) is 1.99. The Hall–Kier alpha value is -2.75. The Labute approximate surface area is 134 Å². The van der Waals surface area contributed by atoms with Gasteiger partial charge >= 0.3 is 0 Å². The summed E-state index contributed by atoms with van der Waals surface area (Å²) in [6, 6.07) is 7.84. The lowest BCUT2D eigenvalue weighted by Gasteiger charge is -2.18. The molecule has 23 heavy (non-hydrogen) atoms. The third kappa shape index (κ3) is 2.46. The van der Waals surface area contributed by atoms with Gasteiger partial charge in [-0.05, 0) is 61.1 Å². The summed E-state index contributed by atoms with van der Waals surface area (Å²) in [4.78, 5) is 21.7. The van der Waals surface area contributed by atoms with Crippen LogP contribution in [0.25, 0.3) is 17.3 Å². The number of rotatable bonds is 1. The van der Waals surface area contributed by atoms with Gasteiger partial charge in [0.05, 0.1) is 5.69 Å². The first kappa shape index (κ1) is 13.9. The van der Waals surface area contributed by atoms with Crippen LogP contribution in [0.2, 0.25) is 0 Å². The molecule has 4 nitrogen and oxygen atoms in total. The van der Waals surface area contributed by atoms with Gasteiger partial charge in [-0.1, -0.05) is 12.1 Å². The summed E-state index contributed by atoms with van der Waals surface area (Å²) in [5.41, 5.74) is 5.68. The standard InChI is InChI=1S/C19H17N3O/c1-13-7-8-17-21-18-15(10-14-4-3-9-20-11-14)5-2-6-16(18)19(23)22(17)12-13/h3-4,7-12H,2,5-6H2,1H3. The Morgan fingerprint density at radius 2 is 2.13 bits per heavy atom. The van der Waals surface area contributed by atoms with Crippen LogP contribution in [0, 0.1) is 6.92 Å². The zero-order valence-electron chi connectivity index (χ0n) is 13.0. The van der Waals surface area contributed by atoms with Crippen molar-refractivity contribution in [1.82, 2.24) is 14.4 Å². The topological polar surface area (TPSA) is 47.3 Å². The molecule has 1 aliphatic rings. The molecule has 0 aliphatic heterocycles. The van der Waals surface area contributed by atoms with Crippen LogP contribution in [-0.4, -0.2) is 14.4 Å². The van der Waals surface area contributed by atoms with Crippen molar-refractivity contribution in [2.45, 2.75) is 26.2 Å². The third-order valence-corrected chi connectivity index (χ3v) is 4.27. The number of aryl methyl sites for hydroxylation is 1. The predicted octanol–water partition coefficient (Wildman–Crippen LogP) is 3.27. The molecule has 0 fully saturated rings. The summed E-state index contributed by atoms with van der Waals surface area (Å²) in [5.74, 6) is 0. The second-order valence-electron chi connectivity index (χ2n) is 5.99. The highest BCUT2D eigenvalue weighted by Gasteiger charge is 2.20. The smallest absolute Gasteiger partial charge is 0.261 e. The first-order valence-electron chi connectivity index (χ1n) is 7.85. The average molecular weight is 303 g/mol. The molecule has 4 heteroatoms. The third-order valence-electron chi connectivity index (χ3n) is 4.27. The number of allylic oxidation sites excluding steroid dienone is 1. The van der Waals surface area contributed by atoms with E-state index in [2.05, 4.69) is 11.1 Å². The fourth-order valence-corrected chi connectivity index (χ4v) is 3.15. The second kappa shape index (κ2) is 5.47. The van der Waals surface area contributed by atoms with E-state index in [0.29, 0.717) is 5.65 Å². The fraction of sp³-hybridized carbons (Fsp3) is 0.211. The van der Waals surface area contributed by atoms with E-state index in [0.717, 1.165) is 47.2 Å². The number of fused-ring (bicyclic) bond motifs is 2. The van der Waals surface area contributed by atoms with Crippen LogP contribution in [0.5, 0.6) is 0 Å². The van der Waals surface area contributed by atoms with Crippen LogP contribution in [0.1, 0.15) is 35.2 Å². The molecule has 4 rings (SSSR count). The lowest BCUT2D eigenvalue weighted by atomic mass is 9.91. The Kier molecular flexibility index (Phi) is 3.30. The minimum Gasteiger partial charge on any atom is -0.269 e. The molecule has 0 unspecified atom stereocenters. The number of nitrogens with zero attached hydrogens (tertiary/aromatic N) is 3. The van der Waals surface area contributed by atoms with Gasteiger partial charge < -0.3 is 0 Å². The van der Waals surface area contributed by atoms with Crippen molar-refractivity contribution in [2.24, 2.45) is 0 Å². The zero-order chi connectivity index (χ0) is 15.8. The quantitative estimate of drug-likeness (QED) is 0.693. The molecule has 0 aromatic carbocycles. The van der Waals surface area contributed by atoms with Gasteiger partial charge in [-0.25, -0.2) is 4.98 Å². The molecule has 3 heterocycles. The van der Waals surface area contributed by atoms with Gasteiger partial charge in [-0.2, -0.15) is 0 Å². The van der Waals surface area contributed by atoms with Crippen LogP contribution in [0.3, 0.4) is 0 Å². The maximum Gasteiger partial charge on any atom is 0.261 e. The van der Waals surface area contributed by atoms with Crippen molar-refractivity contribution < 1.29 is 0 Å². The minimum atomic E-state index is 0.0606. The first-order valence-corrected chi connectivity index (χ1v) is 7.85. The normalized spacial score (nSPS) is 15.8. The van der Waals surface area contributed by atoms with Gasteiger partial charge in [0.1, 0.15) is 5.65 Å². The van der Waals surface area contributed by atoms with E-state index in [9.17, 15) is 4.79 Å². The molecule has 0 spiro atoms. The van der Waals surface area contributed by atoms with Crippen molar-refractivity contribution in [2.75, 3.05) is 0 Å². The molecule has 3 aromatic heterocycles. The summed E-state index contributed by atoms with van der Waals surface area (Å²) >= 11 is 0. The molecule has 0 N–H and O–H groups in total. The Balaban J connectivity index is 1.95. The SMILES string of the molecule is Cc1ccc2nc3c(c(=O)n2c1)CCCC3=Cc1cccnc1. The van der Waals surface area contributed by atoms with Crippen molar-refractivity contribution in [1.29, 1.82) is 0 Å². The molecule has 0 saturated carbocycles. The molecular weight excluding hydrogens is 286 g/mol. The Morgan fingerprint density at radius 3 is 2.96 bits per heavy atom. The number of hydrogen-bond acceptors (Lipinski definition) is 3. The van der Waals surface area contributed by atoms with Crippen molar-refractivity contribution in [3.05, 3.63) is 75.6 Å². The molecule has 114 valence electrons. The molecular formula is C19H17N3O. The monoisotopic (exact) mass is 303 g/mol. The summed E-state index contributed by atoms with van der Waals surface area (Å²) in [5, 5.41) is 0. The van der Waals surface area contributed by atoms with Crippen molar-refractivity contribution >= 4 is 17.3 Å². The molecule has 3 aromatic rings. The maximum absolute atomic E-state index is 12.8. The Bertz CT molecular complexity index is 971. The molecule has 0 bridgehead atoms. The molecule has 0 saturated heterocycles. The van der Waals surface area contributed by atoms with Gasteiger partial charge in [-0.15, -0.1) is 0 Å². The van der Waals surface area contributed by atoms with Crippen LogP contribution in [0.4, 0.5) is 0 Å². The number of aromatic nitrogens is 3. The van der Waals surface area contributed by atoms with E-state index in [1.54, 1.807) is 10.6 Å². The van der Waals surface area contributed by atoms with Gasteiger partial charge in [0.2, 0.25) is 0 Å². The summed E-state index contributed by atoms with van der Waals surface area (Å²) in [7, 11) is 0. The van der Waals surface area contributed by atoms with E-state index < -0.39 is 0 Å². The summed E-state index contributed by atoms with van der Waals surface area (Å²) in [6.07, 6.45) is 10.3.